The van der Waals surface area contributed by atoms with Crippen LogP contribution in [-0.4, -0.2) is 52.5 Å². The lowest BCUT2D eigenvalue weighted by Gasteiger charge is -2.30. The summed E-state index contributed by atoms with van der Waals surface area (Å²) < 4.78 is 10.9. The normalized spacial score (nSPS) is 26.5. The van der Waals surface area contributed by atoms with Gasteiger partial charge in [0.25, 0.3) is 0 Å². The minimum absolute atomic E-state index is 0.107. The van der Waals surface area contributed by atoms with Gasteiger partial charge in [0.15, 0.2) is 0 Å². The van der Waals surface area contributed by atoms with Gasteiger partial charge in [-0.3, -0.25) is 4.90 Å². The van der Waals surface area contributed by atoms with Crippen LogP contribution in [0.15, 0.2) is 4.52 Å². The first kappa shape index (κ1) is 13.0. The average Bonchev–Trinajstić information content (AvgIpc) is 3.20. The highest BCUT2D eigenvalue weighted by Gasteiger charge is 2.32. The molecule has 2 unspecified atom stereocenters. The summed E-state index contributed by atoms with van der Waals surface area (Å²) in [6, 6.07) is 0. The van der Waals surface area contributed by atoms with Crippen LogP contribution in [0.5, 0.6) is 0 Å². The van der Waals surface area contributed by atoms with Crippen molar-refractivity contribution in [1.29, 1.82) is 0 Å². The minimum atomic E-state index is -0.340. The van der Waals surface area contributed by atoms with E-state index in [9.17, 15) is 5.11 Å². The van der Waals surface area contributed by atoms with Gasteiger partial charge >= 0.3 is 0 Å². The minimum Gasteiger partial charge on any atom is -0.392 e. The van der Waals surface area contributed by atoms with Gasteiger partial charge in [-0.05, 0) is 25.3 Å². The Labute approximate surface area is 112 Å². The monoisotopic (exact) mass is 267 g/mol. The largest absolute Gasteiger partial charge is 0.392 e. The van der Waals surface area contributed by atoms with Gasteiger partial charge in [-0.15, -0.1) is 0 Å². The molecule has 19 heavy (non-hydrogen) atoms. The van der Waals surface area contributed by atoms with Crippen molar-refractivity contribution in [2.75, 3.05) is 26.2 Å². The summed E-state index contributed by atoms with van der Waals surface area (Å²) in [5.74, 6) is 1.56. The van der Waals surface area contributed by atoms with Crippen molar-refractivity contribution in [2.24, 2.45) is 5.92 Å². The van der Waals surface area contributed by atoms with E-state index in [-0.39, 0.29) is 12.2 Å². The summed E-state index contributed by atoms with van der Waals surface area (Å²) in [4.78, 5) is 6.67. The van der Waals surface area contributed by atoms with E-state index in [1.165, 1.54) is 0 Å². The fourth-order valence-corrected chi connectivity index (χ4v) is 2.45. The number of aliphatic hydroxyl groups excluding tert-OH is 1. The Kier molecular flexibility index (Phi) is 3.81. The molecule has 0 bridgehead atoms. The quantitative estimate of drug-likeness (QED) is 0.850. The number of nitrogens with zero attached hydrogens (tertiary/aromatic N) is 3. The second kappa shape index (κ2) is 5.56. The molecule has 1 saturated heterocycles. The van der Waals surface area contributed by atoms with Gasteiger partial charge in [0.1, 0.15) is 6.10 Å². The third-order valence-corrected chi connectivity index (χ3v) is 3.92. The fourth-order valence-electron chi connectivity index (χ4n) is 2.45. The lowest BCUT2D eigenvalue weighted by atomic mass is 10.2. The van der Waals surface area contributed by atoms with E-state index in [0.29, 0.717) is 30.7 Å². The van der Waals surface area contributed by atoms with Crippen LogP contribution in [0.3, 0.4) is 0 Å². The molecule has 6 heteroatoms. The number of hydrogen-bond acceptors (Lipinski definition) is 6. The molecule has 0 amide bonds. The first-order valence-corrected chi connectivity index (χ1v) is 7.10. The van der Waals surface area contributed by atoms with Crippen LogP contribution in [0.25, 0.3) is 0 Å². The Morgan fingerprint density at radius 1 is 1.47 bits per heavy atom. The van der Waals surface area contributed by atoms with E-state index >= 15 is 0 Å². The molecular weight excluding hydrogens is 246 g/mol. The molecule has 106 valence electrons. The van der Waals surface area contributed by atoms with E-state index in [2.05, 4.69) is 22.0 Å². The second-order valence-electron chi connectivity index (χ2n) is 5.41. The Bertz CT molecular complexity index is 419. The highest BCUT2D eigenvalue weighted by atomic mass is 16.5. The zero-order chi connectivity index (χ0) is 13.2. The first-order chi connectivity index (χ1) is 9.26. The smallest absolute Gasteiger partial charge is 0.229 e. The molecule has 2 heterocycles. The maximum absolute atomic E-state index is 9.87. The number of ether oxygens (including phenoxy) is 1. The molecule has 1 N–H and O–H groups in total. The van der Waals surface area contributed by atoms with Crippen molar-refractivity contribution in [3.63, 3.8) is 0 Å². The molecule has 6 nitrogen and oxygen atoms in total. The Morgan fingerprint density at radius 2 is 2.32 bits per heavy atom. The Hall–Kier alpha value is -0.980. The van der Waals surface area contributed by atoms with Gasteiger partial charge in [0.05, 0.1) is 19.1 Å². The maximum Gasteiger partial charge on any atom is 0.229 e. The lowest BCUT2D eigenvalue weighted by molar-refractivity contribution is -0.0334. The third kappa shape index (κ3) is 3.13. The van der Waals surface area contributed by atoms with E-state index in [4.69, 9.17) is 9.26 Å². The van der Waals surface area contributed by atoms with Crippen molar-refractivity contribution in [3.05, 3.63) is 11.7 Å². The number of rotatable bonds is 5. The number of aromatic nitrogens is 2. The molecule has 2 atom stereocenters. The van der Waals surface area contributed by atoms with Gasteiger partial charge in [-0.2, -0.15) is 4.98 Å². The molecule has 1 aliphatic carbocycles. The number of aliphatic hydroxyl groups is 1. The molecular formula is C13H21N3O3. The predicted molar refractivity (Wildman–Crippen MR) is 67.5 cm³/mol. The first-order valence-electron chi connectivity index (χ1n) is 7.10. The predicted octanol–water partition coefficient (Wildman–Crippen LogP) is 0.776. The zero-order valence-corrected chi connectivity index (χ0v) is 11.3. The van der Waals surface area contributed by atoms with Crippen LogP contribution < -0.4 is 0 Å². The van der Waals surface area contributed by atoms with E-state index in [1.54, 1.807) is 0 Å². The fraction of sp³-hybridized carbons (Fsp3) is 0.846. The highest BCUT2D eigenvalue weighted by molar-refractivity contribution is 4.96. The van der Waals surface area contributed by atoms with Crippen LogP contribution in [0.2, 0.25) is 0 Å². The van der Waals surface area contributed by atoms with Gasteiger partial charge in [0.2, 0.25) is 11.7 Å². The van der Waals surface area contributed by atoms with Gasteiger partial charge < -0.3 is 14.4 Å². The van der Waals surface area contributed by atoms with Gasteiger partial charge in [-0.25, -0.2) is 0 Å². The van der Waals surface area contributed by atoms with Crippen molar-refractivity contribution in [2.45, 2.75) is 38.4 Å². The van der Waals surface area contributed by atoms with Crippen molar-refractivity contribution in [3.8, 4) is 0 Å². The Morgan fingerprint density at radius 3 is 3.05 bits per heavy atom. The summed E-state index contributed by atoms with van der Waals surface area (Å²) in [5.41, 5.74) is 0. The van der Waals surface area contributed by atoms with E-state index in [0.717, 1.165) is 32.5 Å². The maximum atomic E-state index is 9.87. The number of morpholine rings is 1. The summed E-state index contributed by atoms with van der Waals surface area (Å²) in [6.07, 6.45) is 2.23. The van der Waals surface area contributed by atoms with Crippen LogP contribution in [0, 0.1) is 5.92 Å². The molecule has 0 radical (unpaired) electrons. The average molecular weight is 267 g/mol. The standard InChI is InChI=1S/C13H21N3O3/c1-2-16-5-6-18-11(8-16)13-14-12(19-15-13)7-10(17)9-3-4-9/h9-11,17H,2-8H2,1H3. The summed E-state index contributed by atoms with van der Waals surface area (Å²) in [6.45, 7) is 5.60. The molecule has 3 rings (SSSR count). The van der Waals surface area contributed by atoms with E-state index < -0.39 is 0 Å². The zero-order valence-electron chi connectivity index (χ0n) is 11.3. The summed E-state index contributed by atoms with van der Waals surface area (Å²) >= 11 is 0. The van der Waals surface area contributed by atoms with Gasteiger partial charge in [-0.1, -0.05) is 12.1 Å². The molecule has 1 aromatic rings. The number of likely N-dealkylation sites (N-methyl/N-ethyl adjacent to an activating group) is 1. The molecule has 2 fully saturated rings. The lowest BCUT2D eigenvalue weighted by Crippen LogP contribution is -2.38. The molecule has 0 aromatic carbocycles. The summed E-state index contributed by atoms with van der Waals surface area (Å²) in [5, 5.41) is 13.9. The SMILES string of the molecule is CCN1CCOC(c2noc(CC(O)C3CC3)n2)C1. The highest BCUT2D eigenvalue weighted by Crippen LogP contribution is 2.33. The van der Waals surface area contributed by atoms with Crippen LogP contribution in [0.1, 0.15) is 37.6 Å². The molecule has 1 aromatic heterocycles. The second-order valence-corrected chi connectivity index (χ2v) is 5.41. The third-order valence-electron chi connectivity index (χ3n) is 3.92. The molecule has 1 saturated carbocycles. The van der Waals surface area contributed by atoms with Crippen molar-refractivity contribution >= 4 is 0 Å². The Balaban J connectivity index is 1.60. The van der Waals surface area contributed by atoms with E-state index in [1.807, 2.05) is 0 Å². The van der Waals surface area contributed by atoms with Crippen molar-refractivity contribution < 1.29 is 14.4 Å². The van der Waals surface area contributed by atoms with Crippen molar-refractivity contribution in [1.82, 2.24) is 15.0 Å². The van der Waals surface area contributed by atoms with Gasteiger partial charge in [0, 0.05) is 13.1 Å². The van der Waals surface area contributed by atoms with Crippen LogP contribution >= 0.6 is 0 Å². The molecule has 1 aliphatic heterocycles. The molecule has 0 spiro atoms. The van der Waals surface area contributed by atoms with Crippen LogP contribution in [0.4, 0.5) is 0 Å². The number of hydrogen-bond donors (Lipinski definition) is 1. The van der Waals surface area contributed by atoms with Crippen LogP contribution in [-0.2, 0) is 11.2 Å². The topological polar surface area (TPSA) is 71.6 Å². The molecule has 2 aliphatic rings. The summed E-state index contributed by atoms with van der Waals surface area (Å²) in [7, 11) is 0.